The SMILES string of the molecule is Cc1cccn2cc(COc3ccccc3C(=O)N3CCN(S(=O)(=O)c4cccnc4)CC3)nc12. The molecule has 1 amide bonds. The minimum Gasteiger partial charge on any atom is -0.486 e. The van der Waals surface area contributed by atoms with Gasteiger partial charge in [0.05, 0.1) is 11.3 Å². The molecule has 35 heavy (non-hydrogen) atoms. The molecule has 1 saturated heterocycles. The summed E-state index contributed by atoms with van der Waals surface area (Å²) in [5.74, 6) is 0.279. The Hall–Kier alpha value is -3.76. The molecule has 0 bridgehead atoms. The molecule has 5 rings (SSSR count). The van der Waals surface area contributed by atoms with E-state index in [1.165, 1.54) is 22.8 Å². The smallest absolute Gasteiger partial charge is 0.257 e. The second kappa shape index (κ2) is 9.47. The maximum Gasteiger partial charge on any atom is 0.257 e. The number of piperazine rings is 1. The molecule has 10 heteroatoms. The molecule has 0 atom stereocenters. The van der Waals surface area contributed by atoms with Gasteiger partial charge >= 0.3 is 0 Å². The van der Waals surface area contributed by atoms with Gasteiger partial charge in [0, 0.05) is 51.0 Å². The highest BCUT2D eigenvalue weighted by atomic mass is 32.2. The summed E-state index contributed by atoms with van der Waals surface area (Å²) < 4.78 is 35.0. The number of aromatic nitrogens is 3. The fourth-order valence-electron chi connectivity index (χ4n) is 4.15. The zero-order chi connectivity index (χ0) is 24.4. The first-order chi connectivity index (χ1) is 16.9. The van der Waals surface area contributed by atoms with E-state index in [2.05, 4.69) is 9.97 Å². The second-order valence-electron chi connectivity index (χ2n) is 8.32. The number of fused-ring (bicyclic) bond motifs is 1. The number of imidazole rings is 1. The third-order valence-electron chi connectivity index (χ3n) is 6.02. The Morgan fingerprint density at radius 2 is 1.83 bits per heavy atom. The van der Waals surface area contributed by atoms with E-state index in [4.69, 9.17) is 4.74 Å². The summed E-state index contributed by atoms with van der Waals surface area (Å²) in [6, 6.07) is 14.2. The van der Waals surface area contributed by atoms with Crippen molar-refractivity contribution in [1.82, 2.24) is 23.6 Å². The van der Waals surface area contributed by atoms with Gasteiger partial charge in [-0.2, -0.15) is 4.31 Å². The molecule has 0 unspecified atom stereocenters. The van der Waals surface area contributed by atoms with E-state index < -0.39 is 10.0 Å². The fourth-order valence-corrected chi connectivity index (χ4v) is 5.53. The third-order valence-corrected chi connectivity index (χ3v) is 7.90. The Balaban J connectivity index is 1.26. The highest BCUT2D eigenvalue weighted by Crippen LogP contribution is 2.23. The summed E-state index contributed by atoms with van der Waals surface area (Å²) in [6.07, 6.45) is 6.72. The molecule has 0 spiro atoms. The molecule has 9 nitrogen and oxygen atoms in total. The zero-order valence-corrected chi connectivity index (χ0v) is 20.1. The van der Waals surface area contributed by atoms with Crippen molar-refractivity contribution in [1.29, 1.82) is 0 Å². The third kappa shape index (κ3) is 4.62. The number of pyridine rings is 2. The van der Waals surface area contributed by atoms with E-state index >= 15 is 0 Å². The van der Waals surface area contributed by atoms with Crippen molar-refractivity contribution in [2.75, 3.05) is 26.2 Å². The number of carbonyl (C=O) groups is 1. The van der Waals surface area contributed by atoms with Gasteiger partial charge in [0.25, 0.3) is 5.91 Å². The highest BCUT2D eigenvalue weighted by molar-refractivity contribution is 7.89. The number of ether oxygens (including phenoxy) is 1. The van der Waals surface area contributed by atoms with Crippen LogP contribution in [0.4, 0.5) is 0 Å². The van der Waals surface area contributed by atoms with Crippen molar-refractivity contribution < 1.29 is 17.9 Å². The van der Waals surface area contributed by atoms with Gasteiger partial charge < -0.3 is 14.0 Å². The number of rotatable bonds is 6. The number of carbonyl (C=O) groups excluding carboxylic acids is 1. The molecule has 4 heterocycles. The van der Waals surface area contributed by atoms with Crippen molar-refractivity contribution in [3.63, 3.8) is 0 Å². The van der Waals surface area contributed by atoms with Gasteiger partial charge in [-0.1, -0.05) is 18.2 Å². The first kappa shape index (κ1) is 23.0. The molecule has 1 aliphatic rings. The Morgan fingerprint density at radius 3 is 2.57 bits per heavy atom. The number of hydrogen-bond acceptors (Lipinski definition) is 6. The normalized spacial score (nSPS) is 14.8. The summed E-state index contributed by atoms with van der Waals surface area (Å²) in [6.45, 7) is 3.24. The highest BCUT2D eigenvalue weighted by Gasteiger charge is 2.31. The molecule has 0 N–H and O–H groups in total. The quantitative estimate of drug-likeness (QED) is 0.412. The second-order valence-corrected chi connectivity index (χ2v) is 10.3. The monoisotopic (exact) mass is 491 g/mol. The van der Waals surface area contributed by atoms with Crippen LogP contribution in [0.15, 0.2) is 78.2 Å². The van der Waals surface area contributed by atoms with Crippen LogP contribution < -0.4 is 4.74 Å². The van der Waals surface area contributed by atoms with Gasteiger partial charge in [-0.25, -0.2) is 13.4 Å². The van der Waals surface area contributed by atoms with Crippen LogP contribution in [0.5, 0.6) is 5.75 Å². The predicted octanol–water partition coefficient (Wildman–Crippen LogP) is 2.76. The Bertz CT molecular complexity index is 1460. The standard InChI is InChI=1S/C25H25N5O4S/c1-19-6-5-11-29-17-20(27-24(19)29)18-34-23-9-3-2-8-22(23)25(31)28-12-14-30(15-13-28)35(32,33)21-7-4-10-26-16-21/h2-11,16-17H,12-15,18H2,1H3. The largest absolute Gasteiger partial charge is 0.486 e. The van der Waals surface area contributed by atoms with Crippen LogP contribution in [0, 0.1) is 6.92 Å². The summed E-state index contributed by atoms with van der Waals surface area (Å²) in [5, 5.41) is 0. The van der Waals surface area contributed by atoms with Crippen molar-refractivity contribution in [2.24, 2.45) is 0 Å². The Morgan fingerprint density at radius 1 is 1.03 bits per heavy atom. The Kier molecular flexibility index (Phi) is 6.23. The van der Waals surface area contributed by atoms with Crippen LogP contribution in [0.3, 0.4) is 0 Å². The molecule has 3 aromatic heterocycles. The van der Waals surface area contributed by atoms with Crippen LogP contribution in [-0.2, 0) is 16.6 Å². The molecule has 4 aromatic rings. The molecule has 0 saturated carbocycles. The van der Waals surface area contributed by atoms with Gasteiger partial charge in [0.15, 0.2) is 0 Å². The minimum absolute atomic E-state index is 0.153. The maximum atomic E-state index is 13.3. The zero-order valence-electron chi connectivity index (χ0n) is 19.2. The summed E-state index contributed by atoms with van der Waals surface area (Å²) >= 11 is 0. The first-order valence-electron chi connectivity index (χ1n) is 11.3. The van der Waals surface area contributed by atoms with Gasteiger partial charge in [-0.05, 0) is 42.8 Å². The van der Waals surface area contributed by atoms with Gasteiger partial charge in [0.1, 0.15) is 22.9 Å². The molecular formula is C25H25N5O4S. The number of aryl methyl sites for hydroxylation is 1. The predicted molar refractivity (Wildman–Crippen MR) is 130 cm³/mol. The molecule has 180 valence electrons. The van der Waals surface area contributed by atoms with Crippen LogP contribution >= 0.6 is 0 Å². The lowest BCUT2D eigenvalue weighted by Crippen LogP contribution is -2.50. The summed E-state index contributed by atoms with van der Waals surface area (Å²) in [4.78, 5) is 23.6. The van der Waals surface area contributed by atoms with E-state index in [1.54, 1.807) is 29.2 Å². The van der Waals surface area contributed by atoms with E-state index in [0.717, 1.165) is 16.9 Å². The summed E-state index contributed by atoms with van der Waals surface area (Å²) in [7, 11) is -3.64. The van der Waals surface area contributed by atoms with Crippen molar-refractivity contribution in [3.05, 3.63) is 90.1 Å². The van der Waals surface area contributed by atoms with Crippen molar-refractivity contribution >= 4 is 21.6 Å². The molecule has 1 aliphatic heterocycles. The molecule has 1 fully saturated rings. The van der Waals surface area contributed by atoms with E-state index in [1.807, 2.05) is 41.9 Å². The number of amides is 1. The van der Waals surface area contributed by atoms with E-state index in [-0.39, 0.29) is 30.5 Å². The lowest BCUT2D eigenvalue weighted by Gasteiger charge is -2.34. The van der Waals surface area contributed by atoms with Crippen LogP contribution in [0.25, 0.3) is 5.65 Å². The average Bonchev–Trinajstić information content (AvgIpc) is 3.32. The van der Waals surface area contributed by atoms with E-state index in [0.29, 0.717) is 24.4 Å². The van der Waals surface area contributed by atoms with Crippen molar-refractivity contribution in [3.8, 4) is 5.75 Å². The topological polar surface area (TPSA) is 97.1 Å². The fraction of sp³-hybridized carbons (Fsp3) is 0.240. The van der Waals surface area contributed by atoms with E-state index in [9.17, 15) is 13.2 Å². The molecule has 1 aromatic carbocycles. The number of hydrogen-bond donors (Lipinski definition) is 0. The first-order valence-corrected chi connectivity index (χ1v) is 12.7. The van der Waals surface area contributed by atoms with Crippen molar-refractivity contribution in [2.45, 2.75) is 18.4 Å². The van der Waals surface area contributed by atoms with Gasteiger partial charge in [0.2, 0.25) is 10.0 Å². The maximum absolute atomic E-state index is 13.3. The summed E-state index contributed by atoms with van der Waals surface area (Å²) in [5.41, 5.74) is 3.14. The average molecular weight is 492 g/mol. The Labute approximate surface area is 203 Å². The molecule has 0 aliphatic carbocycles. The lowest BCUT2D eigenvalue weighted by atomic mass is 10.1. The molecule has 0 radical (unpaired) electrons. The number of benzene rings is 1. The number of sulfonamides is 1. The molecular weight excluding hydrogens is 466 g/mol. The van der Waals surface area contributed by atoms with Crippen LogP contribution in [0.1, 0.15) is 21.6 Å². The van der Waals surface area contributed by atoms with Crippen LogP contribution in [-0.4, -0.2) is 64.1 Å². The van der Waals surface area contributed by atoms with Crippen LogP contribution in [0.2, 0.25) is 0 Å². The minimum atomic E-state index is -3.64. The number of para-hydroxylation sites is 1. The van der Waals surface area contributed by atoms with Gasteiger partial charge in [-0.3, -0.25) is 9.78 Å². The van der Waals surface area contributed by atoms with Gasteiger partial charge in [-0.15, -0.1) is 0 Å². The lowest BCUT2D eigenvalue weighted by molar-refractivity contribution is 0.0693. The number of nitrogens with zero attached hydrogens (tertiary/aromatic N) is 5.